The molecule has 0 amide bonds. The van der Waals surface area contributed by atoms with E-state index < -0.39 is 11.6 Å². The van der Waals surface area contributed by atoms with Gasteiger partial charge in [0.25, 0.3) is 0 Å². The Morgan fingerprint density at radius 2 is 1.73 bits per heavy atom. The molecule has 4 rings (SSSR count). The van der Waals surface area contributed by atoms with Crippen molar-refractivity contribution in [3.05, 3.63) is 83.1 Å². The van der Waals surface area contributed by atoms with E-state index in [9.17, 15) is 4.79 Å². The molecule has 0 fully saturated rings. The van der Waals surface area contributed by atoms with Crippen LogP contribution in [0.25, 0.3) is 10.8 Å². The number of carbonyl (C=O) groups excluding carboxylic acids is 1. The number of aryl methyl sites for hydroxylation is 1. The van der Waals surface area contributed by atoms with Gasteiger partial charge < -0.3 is 23.4 Å². The van der Waals surface area contributed by atoms with Crippen LogP contribution in [0, 0.1) is 6.92 Å². The summed E-state index contributed by atoms with van der Waals surface area (Å²) in [6.45, 7) is 6.18. The monoisotopic (exact) mass is 521 g/mol. The highest BCUT2D eigenvalue weighted by Gasteiger charge is 2.37. The van der Waals surface area contributed by atoms with Gasteiger partial charge in [-0.25, -0.2) is 9.78 Å². The highest BCUT2D eigenvalue weighted by Crippen LogP contribution is 2.28. The van der Waals surface area contributed by atoms with Gasteiger partial charge in [0.1, 0.15) is 23.0 Å². The first kappa shape index (κ1) is 26.3. The third-order valence-electron chi connectivity index (χ3n) is 5.81. The molecule has 4 aromatic rings. The summed E-state index contributed by atoms with van der Waals surface area (Å²) in [5, 5.41) is 2.00. The number of rotatable bonds is 12. The van der Waals surface area contributed by atoms with E-state index in [1.165, 1.54) is 0 Å². The Kier molecular flexibility index (Phi) is 8.50. The minimum absolute atomic E-state index is 0.271. The maximum Gasteiger partial charge on any atom is 0.350 e. The highest BCUT2D eigenvalue weighted by molar-refractivity contribution is 7.13. The van der Waals surface area contributed by atoms with Crippen molar-refractivity contribution in [3.63, 3.8) is 0 Å². The average Bonchev–Trinajstić information content (AvgIpc) is 3.56. The molecule has 0 unspecified atom stereocenters. The molecule has 0 saturated carbocycles. The lowest BCUT2D eigenvalue weighted by Crippen LogP contribution is -2.45. The largest absolute Gasteiger partial charge is 0.497 e. The molecule has 2 heterocycles. The molecule has 0 bridgehead atoms. The summed E-state index contributed by atoms with van der Waals surface area (Å²) in [6, 6.07) is 18.7. The molecular weight excluding hydrogens is 490 g/mol. The molecule has 0 radical (unpaired) electrons. The lowest BCUT2D eigenvalue weighted by molar-refractivity contribution is -0.160. The van der Waals surface area contributed by atoms with Gasteiger partial charge in [-0.05, 0) is 74.2 Å². The summed E-state index contributed by atoms with van der Waals surface area (Å²) in [5.74, 6) is 3.03. The van der Waals surface area contributed by atoms with Gasteiger partial charge in [-0.15, -0.1) is 11.3 Å². The Bertz CT molecular complexity index is 1280. The molecule has 2 aromatic heterocycles. The van der Waals surface area contributed by atoms with Crippen LogP contribution in [0.4, 0.5) is 0 Å². The number of hydrogen-bond acceptors (Lipinski definition) is 8. The standard InChI is InChI=1S/C29H31NO6S/c1-5-33-28(31)29(3,36-24-14-12-22(32-4)13-15-24)19-21-8-10-23(11-9-21)34-17-16-25-20(2)35-27(30-25)26-7-6-18-37-26/h6-15,18H,5,16-17,19H2,1-4H3/t29-/m0/s1. The van der Waals surface area contributed by atoms with Gasteiger partial charge in [-0.3, -0.25) is 0 Å². The van der Waals surface area contributed by atoms with Crippen LogP contribution in [0.5, 0.6) is 17.2 Å². The van der Waals surface area contributed by atoms with Gasteiger partial charge in [0.2, 0.25) is 11.5 Å². The topological polar surface area (TPSA) is 80.0 Å². The molecule has 0 N–H and O–H groups in total. The quantitative estimate of drug-likeness (QED) is 0.203. The van der Waals surface area contributed by atoms with Gasteiger partial charge in [0, 0.05) is 12.8 Å². The van der Waals surface area contributed by atoms with Gasteiger partial charge in [-0.2, -0.15) is 0 Å². The highest BCUT2D eigenvalue weighted by atomic mass is 32.1. The van der Waals surface area contributed by atoms with E-state index in [1.807, 2.05) is 48.7 Å². The smallest absolute Gasteiger partial charge is 0.350 e. The fourth-order valence-corrected chi connectivity index (χ4v) is 4.51. The zero-order valence-corrected chi connectivity index (χ0v) is 22.3. The number of thiophene rings is 1. The normalized spacial score (nSPS) is 12.5. The molecule has 194 valence electrons. The van der Waals surface area contributed by atoms with Gasteiger partial charge in [-0.1, -0.05) is 18.2 Å². The lowest BCUT2D eigenvalue weighted by Gasteiger charge is -2.28. The fourth-order valence-electron chi connectivity index (χ4n) is 3.86. The minimum atomic E-state index is -1.20. The first-order valence-electron chi connectivity index (χ1n) is 12.1. The van der Waals surface area contributed by atoms with E-state index in [4.69, 9.17) is 23.4 Å². The number of benzene rings is 2. The summed E-state index contributed by atoms with van der Waals surface area (Å²) in [7, 11) is 1.60. The number of hydrogen-bond donors (Lipinski definition) is 0. The predicted octanol–water partition coefficient (Wildman–Crippen LogP) is 6.28. The average molecular weight is 522 g/mol. The fraction of sp³-hybridized carbons (Fsp3) is 0.310. The van der Waals surface area contributed by atoms with Crippen molar-refractivity contribution in [2.24, 2.45) is 0 Å². The zero-order valence-electron chi connectivity index (χ0n) is 21.5. The second-order valence-electron chi connectivity index (χ2n) is 8.65. The number of methoxy groups -OCH3 is 1. The summed E-state index contributed by atoms with van der Waals surface area (Å²) < 4.78 is 28.4. The van der Waals surface area contributed by atoms with E-state index in [0.29, 0.717) is 36.8 Å². The van der Waals surface area contributed by atoms with Crippen LogP contribution in [0.1, 0.15) is 30.9 Å². The second kappa shape index (κ2) is 12.0. The zero-order chi connectivity index (χ0) is 26.3. The van der Waals surface area contributed by atoms with Crippen molar-refractivity contribution in [1.29, 1.82) is 0 Å². The molecule has 7 nitrogen and oxygen atoms in total. The predicted molar refractivity (Wildman–Crippen MR) is 143 cm³/mol. The molecule has 2 aromatic carbocycles. The van der Waals surface area contributed by atoms with Crippen LogP contribution in [-0.4, -0.2) is 36.9 Å². The van der Waals surface area contributed by atoms with E-state index in [-0.39, 0.29) is 6.61 Å². The van der Waals surface area contributed by atoms with E-state index >= 15 is 0 Å². The SMILES string of the molecule is CCOC(=O)[C@](C)(Cc1ccc(OCCc2nc(-c3cccs3)oc2C)cc1)Oc1ccc(OC)cc1. The number of nitrogens with zero attached hydrogens (tertiary/aromatic N) is 1. The molecule has 8 heteroatoms. The van der Waals surface area contributed by atoms with Crippen molar-refractivity contribution in [2.45, 2.75) is 39.2 Å². The van der Waals surface area contributed by atoms with Crippen LogP contribution in [-0.2, 0) is 22.4 Å². The minimum Gasteiger partial charge on any atom is -0.497 e. The molecule has 0 aliphatic carbocycles. The van der Waals surface area contributed by atoms with Crippen LogP contribution < -0.4 is 14.2 Å². The molecular formula is C29H31NO6S. The van der Waals surface area contributed by atoms with Crippen molar-refractivity contribution in [2.75, 3.05) is 20.3 Å². The third kappa shape index (κ3) is 6.71. The first-order valence-corrected chi connectivity index (χ1v) is 13.0. The first-order chi connectivity index (χ1) is 17.9. The Morgan fingerprint density at radius 1 is 1.03 bits per heavy atom. The second-order valence-corrected chi connectivity index (χ2v) is 9.59. The Labute approximate surface area is 221 Å². The Hall–Kier alpha value is -3.78. The van der Waals surface area contributed by atoms with Gasteiger partial charge in [0.05, 0.1) is 30.9 Å². The maximum atomic E-state index is 12.8. The maximum absolute atomic E-state index is 12.8. The summed E-state index contributed by atoms with van der Waals surface area (Å²) in [6.07, 6.45) is 0.973. The molecule has 0 spiro atoms. The molecule has 37 heavy (non-hydrogen) atoms. The summed E-state index contributed by atoms with van der Waals surface area (Å²) in [4.78, 5) is 18.5. The lowest BCUT2D eigenvalue weighted by atomic mass is 9.96. The molecule has 0 aliphatic heterocycles. The van der Waals surface area contributed by atoms with Crippen LogP contribution in [0.2, 0.25) is 0 Å². The molecule has 0 aliphatic rings. The van der Waals surface area contributed by atoms with Gasteiger partial charge >= 0.3 is 5.97 Å². The van der Waals surface area contributed by atoms with Crippen LogP contribution in [0.3, 0.4) is 0 Å². The number of aromatic nitrogens is 1. The molecule has 0 saturated heterocycles. The van der Waals surface area contributed by atoms with E-state index in [2.05, 4.69) is 4.98 Å². The van der Waals surface area contributed by atoms with E-state index in [0.717, 1.165) is 27.6 Å². The van der Waals surface area contributed by atoms with Crippen molar-refractivity contribution < 1.29 is 28.2 Å². The Morgan fingerprint density at radius 3 is 2.38 bits per heavy atom. The number of esters is 1. The summed E-state index contributed by atoms with van der Waals surface area (Å²) in [5.41, 5.74) is 0.614. The number of carbonyl (C=O) groups is 1. The summed E-state index contributed by atoms with van der Waals surface area (Å²) >= 11 is 1.60. The van der Waals surface area contributed by atoms with Crippen LogP contribution in [0.15, 0.2) is 70.5 Å². The molecule has 1 atom stereocenters. The van der Waals surface area contributed by atoms with Crippen LogP contribution >= 0.6 is 11.3 Å². The van der Waals surface area contributed by atoms with E-state index in [1.54, 1.807) is 56.6 Å². The van der Waals surface area contributed by atoms with Crippen molar-refractivity contribution in [1.82, 2.24) is 4.98 Å². The third-order valence-corrected chi connectivity index (χ3v) is 6.66. The van der Waals surface area contributed by atoms with Crippen molar-refractivity contribution >= 4 is 17.3 Å². The van der Waals surface area contributed by atoms with Gasteiger partial charge in [0.15, 0.2) is 0 Å². The Balaban J connectivity index is 1.37. The number of oxazole rings is 1. The number of ether oxygens (including phenoxy) is 4. The van der Waals surface area contributed by atoms with Crippen molar-refractivity contribution in [3.8, 4) is 28.0 Å².